The summed E-state index contributed by atoms with van der Waals surface area (Å²) in [4.78, 5) is 10.6. The molecule has 0 amide bonds. The van der Waals surface area contributed by atoms with E-state index < -0.39 is 0 Å². The van der Waals surface area contributed by atoms with Crippen LogP contribution in [-0.4, -0.2) is 12.6 Å². The Balaban J connectivity index is 3.16. The van der Waals surface area contributed by atoms with Gasteiger partial charge < -0.3 is 4.74 Å². The summed E-state index contributed by atoms with van der Waals surface area (Å²) in [6, 6.07) is 0. The van der Waals surface area contributed by atoms with Crippen molar-refractivity contribution in [3.63, 3.8) is 0 Å². The molecule has 13 heavy (non-hydrogen) atoms. The lowest BCUT2D eigenvalue weighted by Gasteiger charge is -1.99. The molecule has 0 rings (SSSR count). The normalized spacial score (nSPS) is 9.85. The van der Waals surface area contributed by atoms with Crippen LogP contribution in [0.1, 0.15) is 19.3 Å². The van der Waals surface area contributed by atoms with Crippen molar-refractivity contribution in [1.29, 1.82) is 0 Å². The highest BCUT2D eigenvalue weighted by Crippen LogP contribution is 1.97. The van der Waals surface area contributed by atoms with E-state index in [1.54, 1.807) is 6.08 Å². The monoisotopic (exact) mass is 180 g/mol. The molecule has 0 aliphatic carbocycles. The summed E-state index contributed by atoms with van der Waals surface area (Å²) < 4.78 is 4.80. The van der Waals surface area contributed by atoms with Gasteiger partial charge in [-0.3, -0.25) is 0 Å². The van der Waals surface area contributed by atoms with Crippen molar-refractivity contribution >= 4 is 5.97 Å². The minimum Gasteiger partial charge on any atom is -0.463 e. The highest BCUT2D eigenvalue weighted by molar-refractivity contribution is 5.81. The molecule has 0 aliphatic heterocycles. The van der Waals surface area contributed by atoms with Crippen molar-refractivity contribution in [2.24, 2.45) is 0 Å². The molecule has 0 aromatic heterocycles. The summed E-state index contributed by atoms with van der Waals surface area (Å²) >= 11 is 0. The van der Waals surface area contributed by atoms with Crippen LogP contribution in [-0.2, 0) is 9.53 Å². The van der Waals surface area contributed by atoms with Gasteiger partial charge in [0.25, 0.3) is 0 Å². The van der Waals surface area contributed by atoms with Gasteiger partial charge in [-0.2, -0.15) is 0 Å². The number of esters is 1. The standard InChI is InChI=1S/C11H16O2/c1-3-5-6-7-8-9-10-13-11(12)4-2/h3-6H,1-2,7-10H2/b6-5+. The van der Waals surface area contributed by atoms with Crippen molar-refractivity contribution in [2.45, 2.75) is 19.3 Å². The third-order valence-electron chi connectivity index (χ3n) is 1.45. The molecule has 0 saturated heterocycles. The summed E-state index contributed by atoms with van der Waals surface area (Å²) in [6.45, 7) is 7.34. The van der Waals surface area contributed by atoms with Crippen molar-refractivity contribution < 1.29 is 9.53 Å². The van der Waals surface area contributed by atoms with Gasteiger partial charge in [-0.1, -0.05) is 31.4 Å². The Bertz CT molecular complexity index is 192. The largest absolute Gasteiger partial charge is 0.463 e. The smallest absolute Gasteiger partial charge is 0.330 e. The van der Waals surface area contributed by atoms with Crippen LogP contribution < -0.4 is 0 Å². The molecule has 2 heteroatoms. The van der Waals surface area contributed by atoms with Gasteiger partial charge in [0.05, 0.1) is 6.61 Å². The van der Waals surface area contributed by atoms with Crippen LogP contribution in [0, 0.1) is 0 Å². The minimum absolute atomic E-state index is 0.346. The number of ether oxygens (including phenoxy) is 1. The number of allylic oxidation sites excluding steroid dienone is 3. The number of hydrogen-bond acceptors (Lipinski definition) is 2. The first-order valence-electron chi connectivity index (χ1n) is 4.38. The van der Waals surface area contributed by atoms with Gasteiger partial charge >= 0.3 is 5.97 Å². The lowest BCUT2D eigenvalue weighted by molar-refractivity contribution is -0.137. The maximum atomic E-state index is 10.6. The Hall–Kier alpha value is -1.31. The summed E-state index contributed by atoms with van der Waals surface area (Å²) in [7, 11) is 0. The van der Waals surface area contributed by atoms with Gasteiger partial charge in [0.15, 0.2) is 0 Å². The van der Waals surface area contributed by atoms with Gasteiger partial charge in [0, 0.05) is 6.08 Å². The highest BCUT2D eigenvalue weighted by Gasteiger charge is 1.93. The molecule has 0 aromatic carbocycles. The number of rotatable bonds is 7. The molecule has 0 atom stereocenters. The van der Waals surface area contributed by atoms with E-state index in [0.29, 0.717) is 6.61 Å². The van der Waals surface area contributed by atoms with Crippen LogP contribution in [0.2, 0.25) is 0 Å². The molecular weight excluding hydrogens is 164 g/mol. The van der Waals surface area contributed by atoms with E-state index in [1.165, 1.54) is 6.08 Å². The van der Waals surface area contributed by atoms with Gasteiger partial charge in [-0.15, -0.1) is 0 Å². The zero-order valence-corrected chi connectivity index (χ0v) is 7.87. The maximum Gasteiger partial charge on any atom is 0.330 e. The summed E-state index contributed by atoms with van der Waals surface area (Å²) in [5.41, 5.74) is 0. The maximum absolute atomic E-state index is 10.6. The van der Waals surface area contributed by atoms with Gasteiger partial charge in [-0.25, -0.2) is 4.79 Å². The lowest BCUT2D eigenvalue weighted by Crippen LogP contribution is -2.01. The predicted molar refractivity (Wildman–Crippen MR) is 54.3 cm³/mol. The topological polar surface area (TPSA) is 26.3 Å². The van der Waals surface area contributed by atoms with Crippen molar-refractivity contribution in [1.82, 2.24) is 0 Å². The molecule has 0 radical (unpaired) electrons. The van der Waals surface area contributed by atoms with Crippen molar-refractivity contribution in [2.75, 3.05) is 6.61 Å². The van der Waals surface area contributed by atoms with Crippen LogP contribution in [0.4, 0.5) is 0 Å². The first-order chi connectivity index (χ1) is 6.31. The molecule has 0 heterocycles. The second kappa shape index (κ2) is 8.78. The summed E-state index contributed by atoms with van der Waals surface area (Å²) in [5.74, 6) is -0.346. The number of carbonyl (C=O) groups is 1. The van der Waals surface area contributed by atoms with Gasteiger partial charge in [-0.05, 0) is 19.3 Å². The fourth-order valence-electron chi connectivity index (χ4n) is 0.788. The van der Waals surface area contributed by atoms with E-state index >= 15 is 0 Å². The lowest BCUT2D eigenvalue weighted by atomic mass is 10.2. The first kappa shape index (κ1) is 11.7. The molecule has 0 N–H and O–H groups in total. The highest BCUT2D eigenvalue weighted by atomic mass is 16.5. The molecule has 0 saturated carbocycles. The van der Waals surface area contributed by atoms with E-state index in [4.69, 9.17) is 4.74 Å². The molecule has 72 valence electrons. The third kappa shape index (κ3) is 8.60. The Labute approximate surface area is 79.6 Å². The third-order valence-corrected chi connectivity index (χ3v) is 1.45. The molecule has 0 unspecified atom stereocenters. The Morgan fingerprint density at radius 2 is 2.08 bits per heavy atom. The Morgan fingerprint density at radius 1 is 1.31 bits per heavy atom. The van der Waals surface area contributed by atoms with Crippen molar-refractivity contribution in [3.8, 4) is 0 Å². The van der Waals surface area contributed by atoms with Crippen molar-refractivity contribution in [3.05, 3.63) is 37.5 Å². The number of hydrogen-bond donors (Lipinski definition) is 0. The summed E-state index contributed by atoms with van der Waals surface area (Å²) in [6.07, 6.45) is 9.79. The van der Waals surface area contributed by atoms with Crippen LogP contribution in [0.25, 0.3) is 0 Å². The molecule has 0 bridgehead atoms. The Kier molecular flexibility index (Phi) is 7.90. The fraction of sp³-hybridized carbons (Fsp3) is 0.364. The van der Waals surface area contributed by atoms with Gasteiger partial charge in [0.2, 0.25) is 0 Å². The molecular formula is C11H16O2. The molecule has 0 spiro atoms. The fourth-order valence-corrected chi connectivity index (χ4v) is 0.788. The quantitative estimate of drug-likeness (QED) is 0.260. The van der Waals surface area contributed by atoms with Crippen LogP contribution >= 0.6 is 0 Å². The second-order valence-electron chi connectivity index (χ2n) is 2.53. The average molecular weight is 180 g/mol. The molecule has 0 aliphatic rings. The van der Waals surface area contributed by atoms with Crippen LogP contribution in [0.5, 0.6) is 0 Å². The average Bonchev–Trinajstić information content (AvgIpc) is 2.16. The van der Waals surface area contributed by atoms with E-state index in [9.17, 15) is 4.79 Å². The van der Waals surface area contributed by atoms with E-state index in [0.717, 1.165) is 19.3 Å². The van der Waals surface area contributed by atoms with Crippen LogP contribution in [0.3, 0.4) is 0 Å². The zero-order valence-electron chi connectivity index (χ0n) is 7.87. The van der Waals surface area contributed by atoms with E-state index in [1.807, 2.05) is 12.2 Å². The van der Waals surface area contributed by atoms with Crippen LogP contribution in [0.15, 0.2) is 37.5 Å². The molecule has 0 aromatic rings. The second-order valence-corrected chi connectivity index (χ2v) is 2.53. The van der Waals surface area contributed by atoms with E-state index in [2.05, 4.69) is 13.2 Å². The number of carbonyl (C=O) groups excluding carboxylic acids is 1. The molecule has 2 nitrogen and oxygen atoms in total. The van der Waals surface area contributed by atoms with Gasteiger partial charge in [0.1, 0.15) is 0 Å². The van der Waals surface area contributed by atoms with E-state index in [-0.39, 0.29) is 5.97 Å². The first-order valence-corrected chi connectivity index (χ1v) is 4.38. The SMILES string of the molecule is C=C/C=C/CCCCOC(=O)C=C. The minimum atomic E-state index is -0.346. The Morgan fingerprint density at radius 3 is 2.69 bits per heavy atom. The molecule has 0 fully saturated rings. The summed E-state index contributed by atoms with van der Waals surface area (Å²) in [5, 5.41) is 0. The predicted octanol–water partition coefficient (Wildman–Crippen LogP) is 2.63. The number of unbranched alkanes of at least 4 members (excludes halogenated alkanes) is 2. The zero-order chi connectivity index (χ0) is 9.94.